The van der Waals surface area contributed by atoms with Gasteiger partial charge in [-0.25, -0.2) is 0 Å². The fourth-order valence-corrected chi connectivity index (χ4v) is 1.46. The smallest absolute Gasteiger partial charge is 0.352 e. The van der Waals surface area contributed by atoms with E-state index in [1.807, 2.05) is 0 Å². The van der Waals surface area contributed by atoms with Crippen LogP contribution in [0.25, 0.3) is 0 Å². The minimum Gasteiger partial charge on any atom is -0.352 e. The number of hydrogen-bond acceptors (Lipinski definition) is 1. The second-order valence-corrected chi connectivity index (χ2v) is 4.17. The Morgan fingerprint density at radius 1 is 1.24 bits per heavy atom. The van der Waals surface area contributed by atoms with Crippen molar-refractivity contribution in [2.75, 3.05) is 11.9 Å². The van der Waals surface area contributed by atoms with Crippen LogP contribution in [0.3, 0.4) is 0 Å². The van der Waals surface area contributed by atoms with Crippen LogP contribution in [0.2, 0.25) is 0 Å². The van der Waals surface area contributed by atoms with E-state index in [0.717, 1.165) is 23.9 Å². The van der Waals surface area contributed by atoms with Gasteiger partial charge in [-0.05, 0) is 30.7 Å². The fraction of sp³-hybridized carbons (Fsp3) is 0.364. The number of hydrogen-bond donors (Lipinski definition) is 1. The van der Waals surface area contributed by atoms with Crippen LogP contribution in [-0.4, -0.2) is 17.8 Å². The summed E-state index contributed by atoms with van der Waals surface area (Å²) in [5.74, 6) is -0.361. The lowest BCUT2D eigenvalue weighted by molar-refractivity contribution is -0.137. The van der Waals surface area contributed by atoms with Crippen LogP contribution < -0.4 is 5.32 Å². The largest absolute Gasteiger partial charge is 0.416 e. The minimum absolute atomic E-state index is 0.229. The molecule has 1 aromatic carbocycles. The van der Waals surface area contributed by atoms with Gasteiger partial charge in [-0.2, -0.15) is 13.2 Å². The standard InChI is InChI=1S/C11H11BrF3NO/c12-6-1-7-16-10(17)8-2-4-9(5-3-8)11(13,14)15/h2-5H,1,6-7H2,(H,16,17). The van der Waals surface area contributed by atoms with Gasteiger partial charge < -0.3 is 5.32 Å². The molecule has 0 heterocycles. The SMILES string of the molecule is O=C(NCCCBr)c1ccc(C(F)(F)F)cc1. The topological polar surface area (TPSA) is 29.1 Å². The van der Waals surface area contributed by atoms with Crippen molar-refractivity contribution in [1.29, 1.82) is 0 Å². The number of amides is 1. The Labute approximate surface area is 105 Å². The monoisotopic (exact) mass is 309 g/mol. The van der Waals surface area contributed by atoms with Gasteiger partial charge in [0.2, 0.25) is 0 Å². The van der Waals surface area contributed by atoms with E-state index >= 15 is 0 Å². The van der Waals surface area contributed by atoms with Crippen LogP contribution in [0.15, 0.2) is 24.3 Å². The van der Waals surface area contributed by atoms with E-state index in [2.05, 4.69) is 21.2 Å². The molecule has 0 aliphatic heterocycles. The average Bonchev–Trinajstić information content (AvgIpc) is 2.28. The van der Waals surface area contributed by atoms with E-state index in [-0.39, 0.29) is 11.5 Å². The maximum absolute atomic E-state index is 12.3. The van der Waals surface area contributed by atoms with E-state index in [9.17, 15) is 18.0 Å². The Kier molecular flexibility index (Phi) is 4.99. The summed E-state index contributed by atoms with van der Waals surface area (Å²) >= 11 is 3.21. The van der Waals surface area contributed by atoms with Gasteiger partial charge in [-0.1, -0.05) is 15.9 Å². The van der Waals surface area contributed by atoms with Gasteiger partial charge in [0.15, 0.2) is 0 Å². The van der Waals surface area contributed by atoms with Gasteiger partial charge in [-0.3, -0.25) is 4.79 Å². The van der Waals surface area contributed by atoms with Crippen molar-refractivity contribution in [2.45, 2.75) is 12.6 Å². The molecule has 1 rings (SSSR count). The molecule has 0 radical (unpaired) electrons. The third kappa shape index (κ3) is 4.38. The molecule has 94 valence electrons. The van der Waals surface area contributed by atoms with Crippen molar-refractivity contribution < 1.29 is 18.0 Å². The lowest BCUT2D eigenvalue weighted by Crippen LogP contribution is -2.24. The normalized spacial score (nSPS) is 11.3. The molecule has 1 N–H and O–H groups in total. The third-order valence-electron chi connectivity index (χ3n) is 2.07. The maximum Gasteiger partial charge on any atom is 0.416 e. The Morgan fingerprint density at radius 2 is 1.82 bits per heavy atom. The molecular formula is C11H11BrF3NO. The van der Waals surface area contributed by atoms with Gasteiger partial charge in [0, 0.05) is 17.4 Å². The predicted molar refractivity (Wildman–Crippen MR) is 62.2 cm³/mol. The van der Waals surface area contributed by atoms with Gasteiger partial charge in [0.25, 0.3) is 5.91 Å². The summed E-state index contributed by atoms with van der Waals surface area (Å²) in [7, 11) is 0. The van der Waals surface area contributed by atoms with Crippen molar-refractivity contribution in [2.24, 2.45) is 0 Å². The number of benzene rings is 1. The second kappa shape index (κ2) is 6.05. The number of carbonyl (C=O) groups is 1. The molecular weight excluding hydrogens is 299 g/mol. The highest BCUT2D eigenvalue weighted by molar-refractivity contribution is 9.09. The molecule has 1 amide bonds. The van der Waals surface area contributed by atoms with Crippen LogP contribution in [0.4, 0.5) is 13.2 Å². The summed E-state index contributed by atoms with van der Waals surface area (Å²) < 4.78 is 36.8. The number of carbonyl (C=O) groups excluding carboxylic acids is 1. The molecule has 17 heavy (non-hydrogen) atoms. The van der Waals surface area contributed by atoms with Gasteiger partial charge in [-0.15, -0.1) is 0 Å². The summed E-state index contributed by atoms with van der Waals surface area (Å²) in [6, 6.07) is 4.15. The first-order valence-corrected chi connectivity index (χ1v) is 6.08. The highest BCUT2D eigenvalue weighted by Gasteiger charge is 2.30. The van der Waals surface area contributed by atoms with Gasteiger partial charge >= 0.3 is 6.18 Å². The predicted octanol–water partition coefficient (Wildman–Crippen LogP) is 3.22. The van der Waals surface area contributed by atoms with Crippen LogP contribution in [-0.2, 0) is 6.18 Å². The Balaban J connectivity index is 2.64. The molecule has 0 saturated carbocycles. The van der Waals surface area contributed by atoms with Gasteiger partial charge in [0.05, 0.1) is 5.56 Å². The molecule has 0 aliphatic carbocycles. The van der Waals surface area contributed by atoms with E-state index in [1.54, 1.807) is 0 Å². The second-order valence-electron chi connectivity index (χ2n) is 3.37. The summed E-state index contributed by atoms with van der Waals surface area (Å²) in [6.07, 6.45) is -3.60. The lowest BCUT2D eigenvalue weighted by atomic mass is 10.1. The molecule has 0 unspecified atom stereocenters. The molecule has 6 heteroatoms. The zero-order valence-electron chi connectivity index (χ0n) is 8.85. The molecule has 1 aromatic rings. The van der Waals surface area contributed by atoms with Crippen molar-refractivity contribution in [3.63, 3.8) is 0 Å². The van der Waals surface area contributed by atoms with Crippen molar-refractivity contribution >= 4 is 21.8 Å². The van der Waals surface area contributed by atoms with Crippen molar-refractivity contribution in [3.05, 3.63) is 35.4 Å². The Bertz CT molecular complexity index is 375. The Morgan fingerprint density at radius 3 is 2.29 bits per heavy atom. The van der Waals surface area contributed by atoms with Crippen LogP contribution in [0, 0.1) is 0 Å². The summed E-state index contributed by atoms with van der Waals surface area (Å²) in [4.78, 5) is 11.5. The van der Waals surface area contributed by atoms with Crippen molar-refractivity contribution in [3.8, 4) is 0 Å². The summed E-state index contributed by atoms with van der Waals surface area (Å²) in [6.45, 7) is 0.491. The van der Waals surface area contributed by atoms with E-state index in [4.69, 9.17) is 0 Å². The summed E-state index contributed by atoms with van der Waals surface area (Å²) in [5, 5.41) is 3.37. The molecule has 2 nitrogen and oxygen atoms in total. The average molecular weight is 310 g/mol. The minimum atomic E-state index is -4.37. The first kappa shape index (κ1) is 14.0. The highest BCUT2D eigenvalue weighted by atomic mass is 79.9. The van der Waals surface area contributed by atoms with E-state index in [0.29, 0.717) is 6.54 Å². The van der Waals surface area contributed by atoms with Crippen LogP contribution in [0.5, 0.6) is 0 Å². The van der Waals surface area contributed by atoms with Crippen LogP contribution >= 0.6 is 15.9 Å². The molecule has 0 saturated heterocycles. The molecule has 0 fully saturated rings. The first-order chi connectivity index (χ1) is 7.95. The number of nitrogens with one attached hydrogen (secondary N) is 1. The molecule has 0 aromatic heterocycles. The highest BCUT2D eigenvalue weighted by Crippen LogP contribution is 2.28. The van der Waals surface area contributed by atoms with Gasteiger partial charge in [0.1, 0.15) is 0 Å². The maximum atomic E-state index is 12.3. The van der Waals surface area contributed by atoms with E-state index in [1.165, 1.54) is 12.1 Å². The van der Waals surface area contributed by atoms with Crippen molar-refractivity contribution in [1.82, 2.24) is 5.32 Å². The Hall–Kier alpha value is -1.04. The fourth-order valence-electron chi connectivity index (χ4n) is 1.18. The third-order valence-corrected chi connectivity index (χ3v) is 2.63. The molecule has 0 spiro atoms. The number of alkyl halides is 4. The zero-order chi connectivity index (χ0) is 12.9. The molecule has 0 bridgehead atoms. The molecule has 0 atom stereocenters. The zero-order valence-corrected chi connectivity index (χ0v) is 10.4. The number of rotatable bonds is 4. The quantitative estimate of drug-likeness (QED) is 0.671. The van der Waals surface area contributed by atoms with E-state index < -0.39 is 11.7 Å². The molecule has 0 aliphatic rings. The summed E-state index contributed by atoms with van der Waals surface area (Å²) in [5.41, 5.74) is -0.526. The lowest BCUT2D eigenvalue weighted by Gasteiger charge is -2.07. The number of halogens is 4. The first-order valence-electron chi connectivity index (χ1n) is 4.96. The van der Waals surface area contributed by atoms with Crippen LogP contribution in [0.1, 0.15) is 22.3 Å².